The molecule has 0 fully saturated rings. The van der Waals surface area contributed by atoms with Gasteiger partial charge in [-0.1, -0.05) is 157 Å². The van der Waals surface area contributed by atoms with Crippen LogP contribution >= 0.6 is 0 Å². The Labute approximate surface area is 371 Å². The van der Waals surface area contributed by atoms with Crippen LogP contribution in [0.15, 0.2) is 202 Å². The second-order valence-corrected chi connectivity index (χ2v) is 20.1. The summed E-state index contributed by atoms with van der Waals surface area (Å²) in [5, 5.41) is 0. The van der Waals surface area contributed by atoms with Gasteiger partial charge in [-0.3, -0.25) is 0 Å². The van der Waals surface area contributed by atoms with Crippen LogP contribution in [0.2, 0.25) is 0 Å². The zero-order valence-electron chi connectivity index (χ0n) is 36.6. The van der Waals surface area contributed by atoms with Crippen molar-refractivity contribution in [2.75, 3.05) is 0 Å². The van der Waals surface area contributed by atoms with Crippen molar-refractivity contribution in [3.63, 3.8) is 0 Å². The fourth-order valence-corrected chi connectivity index (χ4v) is 13.7. The fraction of sp³-hybridized carbons (Fsp3) is 0.400. The molecule has 9 atom stereocenters. The van der Waals surface area contributed by atoms with Crippen LogP contribution in [-0.4, -0.2) is 34.0 Å². The number of hydrogen-bond donors (Lipinski definition) is 0. The predicted molar refractivity (Wildman–Crippen MR) is 258 cm³/mol. The van der Waals surface area contributed by atoms with Gasteiger partial charge in [0.25, 0.3) is 0 Å². The number of allylic oxidation sites excluding steroid dienone is 22. The first kappa shape index (κ1) is 38.6. The van der Waals surface area contributed by atoms with Crippen LogP contribution in [0.4, 0.5) is 0 Å². The quantitative estimate of drug-likeness (QED) is 0.253. The first-order valence-electron chi connectivity index (χ1n) is 24.8. The summed E-state index contributed by atoms with van der Waals surface area (Å²) in [6.45, 7) is 0. The molecular weight excluding hydrogens is 749 g/mol. The van der Waals surface area contributed by atoms with Gasteiger partial charge >= 0.3 is 0 Å². The minimum Gasteiger partial charge on any atom is -0.361 e. The molecule has 1 aromatic carbocycles. The van der Waals surface area contributed by atoms with Crippen molar-refractivity contribution in [2.24, 2.45) is 29.6 Å². The van der Waals surface area contributed by atoms with Gasteiger partial charge in [-0.2, -0.15) is 0 Å². The van der Waals surface area contributed by atoms with Gasteiger partial charge in [-0.05, 0) is 153 Å². The second-order valence-electron chi connectivity index (χ2n) is 20.1. The topological polar surface area (TPSA) is 6.48 Å². The molecule has 1 aromatic rings. The number of fused-ring (bicyclic) bond motifs is 4. The van der Waals surface area contributed by atoms with Crippen LogP contribution in [0.1, 0.15) is 102 Å². The SMILES string of the molecule is C1=CCC(C2C=C(c3ccccc3)C=C(C3=CCC(N4C5=C(CCCC5)C5CCC(C6C=CC7=C(C6)N(C6C=C(C8=CCCC=C8)C=CC6)C6C=CCCC76)=CC54)C=C3)C2)C=C1. The van der Waals surface area contributed by atoms with Gasteiger partial charge in [0.05, 0.1) is 24.2 Å². The molecule has 0 saturated carbocycles. The van der Waals surface area contributed by atoms with E-state index in [9.17, 15) is 0 Å². The zero-order chi connectivity index (χ0) is 41.0. The van der Waals surface area contributed by atoms with Crippen LogP contribution in [0.5, 0.6) is 0 Å². The molecule has 0 spiro atoms. The third kappa shape index (κ3) is 7.01. The molecule has 62 heavy (non-hydrogen) atoms. The smallest absolute Gasteiger partial charge is 0.0545 e. The molecule has 0 bridgehead atoms. The average molecular weight is 813 g/mol. The zero-order valence-corrected chi connectivity index (χ0v) is 36.6. The highest BCUT2D eigenvalue weighted by molar-refractivity contribution is 5.77. The Hall–Kier alpha value is -5.08. The van der Waals surface area contributed by atoms with E-state index in [4.69, 9.17) is 0 Å². The molecule has 0 saturated heterocycles. The first-order chi connectivity index (χ1) is 30.7. The van der Waals surface area contributed by atoms with Gasteiger partial charge in [0.15, 0.2) is 0 Å². The van der Waals surface area contributed by atoms with E-state index in [1.54, 1.807) is 22.5 Å². The maximum absolute atomic E-state index is 2.96. The Kier molecular flexibility index (Phi) is 10.3. The van der Waals surface area contributed by atoms with E-state index in [2.05, 4.69) is 162 Å². The lowest BCUT2D eigenvalue weighted by Gasteiger charge is -2.41. The molecule has 2 nitrogen and oxygen atoms in total. The number of hydrogen-bond acceptors (Lipinski definition) is 2. The molecule has 0 amide bonds. The third-order valence-corrected chi connectivity index (χ3v) is 16.6. The molecule has 2 heteroatoms. The van der Waals surface area contributed by atoms with E-state index in [1.165, 1.54) is 91.2 Å². The summed E-state index contributed by atoms with van der Waals surface area (Å²) in [5.74, 6) is 2.88. The van der Waals surface area contributed by atoms with Gasteiger partial charge in [-0.15, -0.1) is 0 Å². The second kappa shape index (κ2) is 16.6. The maximum Gasteiger partial charge on any atom is 0.0545 e. The van der Waals surface area contributed by atoms with E-state index in [0.29, 0.717) is 53.8 Å². The van der Waals surface area contributed by atoms with E-state index in [-0.39, 0.29) is 0 Å². The number of benzene rings is 1. The van der Waals surface area contributed by atoms with Crippen LogP contribution in [-0.2, 0) is 0 Å². The normalized spacial score (nSPS) is 34.5. The molecule has 11 aliphatic rings. The van der Waals surface area contributed by atoms with Crippen molar-refractivity contribution in [1.82, 2.24) is 9.80 Å². The van der Waals surface area contributed by atoms with Crippen LogP contribution in [0, 0.1) is 29.6 Å². The standard InChI is InChI=1S/C60H64N2/c1-4-15-41(16-5-1)45-21-14-22-52(38-45)62-58-26-13-11-24-54(58)56-34-30-47(40-60(56)62)46-29-33-55-53-23-10-12-25-57(53)61(59(55)39-46)51-31-27-44(28-32-51)50-36-48(42-17-6-2-7-18-42)35-49(37-50)43-19-8-3-9-20-43/h2-4,6-9,13-19,21,26-28,30-31,34-36,38-39,43,47,49,51-52,54-55,58-59H,1,5,10-12,20,22-25,29,32-33,37,40H2. The van der Waals surface area contributed by atoms with Crippen LogP contribution < -0.4 is 0 Å². The molecule has 0 N–H and O–H groups in total. The van der Waals surface area contributed by atoms with Crippen LogP contribution in [0.25, 0.3) is 5.57 Å². The van der Waals surface area contributed by atoms with Crippen molar-refractivity contribution in [3.05, 3.63) is 208 Å². The van der Waals surface area contributed by atoms with Gasteiger partial charge in [0, 0.05) is 29.1 Å². The van der Waals surface area contributed by atoms with E-state index < -0.39 is 0 Å². The lowest BCUT2D eigenvalue weighted by Crippen LogP contribution is -2.42. The predicted octanol–water partition coefficient (Wildman–Crippen LogP) is 14.3. The monoisotopic (exact) mass is 813 g/mol. The summed E-state index contributed by atoms with van der Waals surface area (Å²) in [7, 11) is 0. The largest absolute Gasteiger partial charge is 0.361 e. The number of rotatable bonds is 7. The summed E-state index contributed by atoms with van der Waals surface area (Å²) in [4.78, 5) is 5.86. The van der Waals surface area contributed by atoms with Gasteiger partial charge < -0.3 is 9.80 Å². The van der Waals surface area contributed by atoms with Gasteiger partial charge in [0.1, 0.15) is 0 Å². The molecule has 0 aromatic heterocycles. The van der Waals surface area contributed by atoms with Crippen molar-refractivity contribution >= 4 is 5.57 Å². The van der Waals surface area contributed by atoms with E-state index in [1.807, 2.05) is 5.57 Å². The minimum atomic E-state index is 0.417. The van der Waals surface area contributed by atoms with E-state index >= 15 is 0 Å². The summed E-state index contributed by atoms with van der Waals surface area (Å²) >= 11 is 0. The average Bonchev–Trinajstić information content (AvgIpc) is 3.87. The molecule has 0 radical (unpaired) electrons. The highest BCUT2D eigenvalue weighted by Gasteiger charge is 2.47. The molecule has 9 aliphatic carbocycles. The van der Waals surface area contributed by atoms with Gasteiger partial charge in [-0.25, -0.2) is 0 Å². The Morgan fingerprint density at radius 2 is 1.45 bits per heavy atom. The summed E-state index contributed by atoms with van der Waals surface area (Å²) < 4.78 is 0. The molecule has 2 heterocycles. The van der Waals surface area contributed by atoms with Gasteiger partial charge in [0.2, 0.25) is 0 Å². The van der Waals surface area contributed by atoms with Crippen molar-refractivity contribution < 1.29 is 0 Å². The Morgan fingerprint density at radius 3 is 2.32 bits per heavy atom. The van der Waals surface area contributed by atoms with E-state index in [0.717, 1.165) is 38.5 Å². The highest BCUT2D eigenvalue weighted by Crippen LogP contribution is 2.53. The lowest BCUT2D eigenvalue weighted by atomic mass is 9.74. The molecule has 314 valence electrons. The molecule has 12 rings (SSSR count). The third-order valence-electron chi connectivity index (χ3n) is 16.6. The molecule has 2 aliphatic heterocycles. The molecular formula is C60H64N2. The highest BCUT2D eigenvalue weighted by atomic mass is 15.2. The lowest BCUT2D eigenvalue weighted by molar-refractivity contribution is 0.214. The summed E-state index contributed by atoms with van der Waals surface area (Å²) in [5.41, 5.74) is 17.1. The maximum atomic E-state index is 2.96. The summed E-state index contributed by atoms with van der Waals surface area (Å²) in [6, 6.07) is 12.9. The Morgan fingerprint density at radius 1 is 0.532 bits per heavy atom. The number of nitrogens with zero attached hydrogens (tertiary/aromatic N) is 2. The Bertz CT molecular complexity index is 2450. The van der Waals surface area contributed by atoms with Crippen molar-refractivity contribution in [1.29, 1.82) is 0 Å². The summed E-state index contributed by atoms with van der Waals surface area (Å²) in [6.07, 6.45) is 68.1. The fourth-order valence-electron chi connectivity index (χ4n) is 13.7. The van der Waals surface area contributed by atoms with Crippen molar-refractivity contribution in [3.8, 4) is 0 Å². The minimum absolute atomic E-state index is 0.417. The first-order valence-corrected chi connectivity index (χ1v) is 24.8. The Balaban J connectivity index is 0.810. The van der Waals surface area contributed by atoms with Crippen LogP contribution in [0.3, 0.4) is 0 Å². The molecule has 9 unspecified atom stereocenters. The van der Waals surface area contributed by atoms with Crippen molar-refractivity contribution in [2.45, 2.75) is 120 Å².